The summed E-state index contributed by atoms with van der Waals surface area (Å²) < 4.78 is 0.721. The van der Waals surface area contributed by atoms with Gasteiger partial charge in [-0.15, -0.1) is 0 Å². The van der Waals surface area contributed by atoms with Gasteiger partial charge in [0.2, 0.25) is 0 Å². The van der Waals surface area contributed by atoms with Gasteiger partial charge in [-0.2, -0.15) is 0 Å². The Morgan fingerprint density at radius 1 is 1.36 bits per heavy atom. The molecule has 0 aliphatic heterocycles. The molecule has 0 spiro atoms. The standard InChI is InChI=1S/C11H15BrO2/c1-6-4-7(2)10(12)11(14)9(6)8(3)5-13/h4,8,13-14H,5H2,1-3H3. The fourth-order valence-corrected chi connectivity index (χ4v) is 2.00. The molecule has 1 atom stereocenters. The monoisotopic (exact) mass is 258 g/mol. The van der Waals surface area contributed by atoms with Gasteiger partial charge in [-0.05, 0) is 40.9 Å². The molecule has 0 fully saturated rings. The number of aliphatic hydroxyl groups excluding tert-OH is 1. The molecule has 0 aliphatic rings. The lowest BCUT2D eigenvalue weighted by Gasteiger charge is -2.16. The largest absolute Gasteiger partial charge is 0.506 e. The van der Waals surface area contributed by atoms with Gasteiger partial charge in [0.25, 0.3) is 0 Å². The summed E-state index contributed by atoms with van der Waals surface area (Å²) >= 11 is 3.33. The predicted octanol–water partition coefficient (Wildman–Crippen LogP) is 2.87. The zero-order valence-corrected chi connectivity index (χ0v) is 10.2. The third kappa shape index (κ3) is 1.93. The molecule has 0 bridgehead atoms. The lowest BCUT2D eigenvalue weighted by Crippen LogP contribution is -2.03. The van der Waals surface area contributed by atoms with Crippen LogP contribution >= 0.6 is 15.9 Å². The van der Waals surface area contributed by atoms with E-state index in [0.717, 1.165) is 21.2 Å². The zero-order chi connectivity index (χ0) is 10.9. The van der Waals surface area contributed by atoms with Crippen LogP contribution in [-0.2, 0) is 0 Å². The topological polar surface area (TPSA) is 40.5 Å². The van der Waals surface area contributed by atoms with E-state index in [9.17, 15) is 5.11 Å². The lowest BCUT2D eigenvalue weighted by molar-refractivity contribution is 0.270. The van der Waals surface area contributed by atoms with Gasteiger partial charge in [-0.25, -0.2) is 0 Å². The molecule has 78 valence electrons. The minimum absolute atomic E-state index is 0.0353. The van der Waals surface area contributed by atoms with E-state index in [1.807, 2.05) is 26.8 Å². The highest BCUT2D eigenvalue weighted by Gasteiger charge is 2.16. The van der Waals surface area contributed by atoms with E-state index in [-0.39, 0.29) is 18.3 Å². The molecule has 14 heavy (non-hydrogen) atoms. The van der Waals surface area contributed by atoms with E-state index in [2.05, 4.69) is 15.9 Å². The van der Waals surface area contributed by atoms with Crippen molar-refractivity contribution in [1.29, 1.82) is 0 Å². The molecule has 2 nitrogen and oxygen atoms in total. The molecule has 1 rings (SSSR count). The van der Waals surface area contributed by atoms with Gasteiger partial charge in [-0.3, -0.25) is 0 Å². The van der Waals surface area contributed by atoms with Crippen molar-refractivity contribution in [3.63, 3.8) is 0 Å². The van der Waals surface area contributed by atoms with Crippen LogP contribution < -0.4 is 0 Å². The summed E-state index contributed by atoms with van der Waals surface area (Å²) in [5.74, 6) is 0.218. The highest BCUT2D eigenvalue weighted by Crippen LogP contribution is 2.37. The molecule has 1 unspecified atom stereocenters. The van der Waals surface area contributed by atoms with Crippen LogP contribution in [0.1, 0.15) is 29.5 Å². The fourth-order valence-electron chi connectivity index (χ4n) is 1.67. The Balaban J connectivity index is 3.36. The third-order valence-electron chi connectivity index (χ3n) is 2.43. The Morgan fingerprint density at radius 3 is 2.43 bits per heavy atom. The van der Waals surface area contributed by atoms with Crippen molar-refractivity contribution in [1.82, 2.24) is 0 Å². The number of halogens is 1. The molecule has 0 aromatic heterocycles. The van der Waals surface area contributed by atoms with Gasteiger partial charge in [0.05, 0.1) is 4.47 Å². The second kappa shape index (κ2) is 4.32. The van der Waals surface area contributed by atoms with E-state index in [1.165, 1.54) is 0 Å². The highest BCUT2D eigenvalue weighted by atomic mass is 79.9. The molecule has 0 aliphatic carbocycles. The molecule has 1 aromatic carbocycles. The smallest absolute Gasteiger partial charge is 0.133 e. The number of aliphatic hydroxyl groups is 1. The molecule has 0 saturated carbocycles. The number of phenolic OH excluding ortho intramolecular Hbond substituents is 1. The van der Waals surface area contributed by atoms with Crippen LogP contribution in [0.25, 0.3) is 0 Å². The third-order valence-corrected chi connectivity index (χ3v) is 3.43. The Bertz CT molecular complexity index is 348. The van der Waals surface area contributed by atoms with Gasteiger partial charge >= 0.3 is 0 Å². The zero-order valence-electron chi connectivity index (χ0n) is 8.63. The molecular formula is C11H15BrO2. The number of hydrogen-bond donors (Lipinski definition) is 2. The second-order valence-electron chi connectivity index (χ2n) is 3.67. The average Bonchev–Trinajstić information content (AvgIpc) is 2.14. The predicted molar refractivity (Wildman–Crippen MR) is 60.8 cm³/mol. The first-order valence-electron chi connectivity index (χ1n) is 4.58. The minimum atomic E-state index is -0.0353. The van der Waals surface area contributed by atoms with Crippen LogP contribution in [0.4, 0.5) is 0 Å². The number of benzene rings is 1. The summed E-state index contributed by atoms with van der Waals surface area (Å²) in [6.45, 7) is 5.82. The number of aromatic hydroxyl groups is 1. The quantitative estimate of drug-likeness (QED) is 0.857. The summed E-state index contributed by atoms with van der Waals surface area (Å²) in [6, 6.07) is 2.01. The van der Waals surface area contributed by atoms with Crippen molar-refractivity contribution in [3.8, 4) is 5.75 Å². The molecule has 0 amide bonds. The summed E-state index contributed by atoms with van der Waals surface area (Å²) in [5, 5.41) is 19.0. The lowest BCUT2D eigenvalue weighted by atomic mass is 9.94. The minimum Gasteiger partial charge on any atom is -0.506 e. The van der Waals surface area contributed by atoms with Gasteiger partial charge in [0.1, 0.15) is 5.75 Å². The average molecular weight is 259 g/mol. The Labute approximate surface area is 92.7 Å². The van der Waals surface area contributed by atoms with Crippen LogP contribution in [0.5, 0.6) is 5.75 Å². The van der Waals surface area contributed by atoms with Crippen molar-refractivity contribution < 1.29 is 10.2 Å². The van der Waals surface area contributed by atoms with Crippen LogP contribution in [0.15, 0.2) is 10.5 Å². The van der Waals surface area contributed by atoms with Crippen molar-refractivity contribution in [2.24, 2.45) is 0 Å². The molecule has 3 heteroatoms. The number of phenols is 1. The van der Waals surface area contributed by atoms with Crippen LogP contribution in [0, 0.1) is 13.8 Å². The first-order chi connectivity index (χ1) is 6.49. The molecule has 1 aromatic rings. The van der Waals surface area contributed by atoms with Crippen molar-refractivity contribution in [2.45, 2.75) is 26.7 Å². The fraction of sp³-hybridized carbons (Fsp3) is 0.455. The first-order valence-corrected chi connectivity index (χ1v) is 5.37. The van der Waals surface area contributed by atoms with Crippen LogP contribution in [0.2, 0.25) is 0 Å². The first kappa shape index (κ1) is 11.5. The van der Waals surface area contributed by atoms with Crippen molar-refractivity contribution >= 4 is 15.9 Å². The van der Waals surface area contributed by atoms with E-state index in [1.54, 1.807) is 0 Å². The SMILES string of the molecule is Cc1cc(C)c(C(C)CO)c(O)c1Br. The van der Waals surface area contributed by atoms with Crippen molar-refractivity contribution in [2.75, 3.05) is 6.61 Å². The molecule has 2 N–H and O–H groups in total. The second-order valence-corrected chi connectivity index (χ2v) is 4.46. The summed E-state index contributed by atoms with van der Waals surface area (Å²) in [4.78, 5) is 0. The van der Waals surface area contributed by atoms with E-state index < -0.39 is 0 Å². The van der Waals surface area contributed by atoms with E-state index >= 15 is 0 Å². The summed E-state index contributed by atoms with van der Waals surface area (Å²) in [5.41, 5.74) is 2.85. The molecule has 0 heterocycles. The molecule has 0 saturated heterocycles. The maximum atomic E-state index is 9.90. The highest BCUT2D eigenvalue weighted by molar-refractivity contribution is 9.10. The maximum Gasteiger partial charge on any atom is 0.133 e. The van der Waals surface area contributed by atoms with Crippen LogP contribution in [-0.4, -0.2) is 16.8 Å². The molecule has 0 radical (unpaired) electrons. The Hall–Kier alpha value is -0.540. The van der Waals surface area contributed by atoms with E-state index in [0.29, 0.717) is 0 Å². The normalized spacial score (nSPS) is 12.9. The van der Waals surface area contributed by atoms with Gasteiger partial charge in [0, 0.05) is 18.1 Å². The van der Waals surface area contributed by atoms with Gasteiger partial charge in [0.15, 0.2) is 0 Å². The van der Waals surface area contributed by atoms with Crippen molar-refractivity contribution in [3.05, 3.63) is 27.2 Å². The summed E-state index contributed by atoms with van der Waals surface area (Å²) in [6.07, 6.45) is 0. The van der Waals surface area contributed by atoms with Crippen LogP contribution in [0.3, 0.4) is 0 Å². The maximum absolute atomic E-state index is 9.90. The number of aryl methyl sites for hydroxylation is 2. The number of hydrogen-bond acceptors (Lipinski definition) is 2. The Kier molecular flexibility index (Phi) is 3.56. The van der Waals surface area contributed by atoms with Gasteiger partial charge in [-0.1, -0.05) is 13.0 Å². The Morgan fingerprint density at radius 2 is 1.93 bits per heavy atom. The molecular weight excluding hydrogens is 244 g/mol. The van der Waals surface area contributed by atoms with E-state index in [4.69, 9.17) is 5.11 Å². The van der Waals surface area contributed by atoms with Gasteiger partial charge < -0.3 is 10.2 Å². The number of rotatable bonds is 2. The summed E-state index contributed by atoms with van der Waals surface area (Å²) in [7, 11) is 0.